The molecule has 1 aromatic carbocycles. The van der Waals surface area contributed by atoms with Crippen molar-refractivity contribution in [3.8, 4) is 5.75 Å². The summed E-state index contributed by atoms with van der Waals surface area (Å²) in [5, 5.41) is 0. The first-order valence-electron chi connectivity index (χ1n) is 5.46. The van der Waals surface area contributed by atoms with Gasteiger partial charge < -0.3 is 4.74 Å². The molecule has 0 heterocycles. The molecule has 2 heteroatoms. The molecule has 0 aromatic heterocycles. The maximum absolute atomic E-state index is 5.15. The Morgan fingerprint density at radius 2 is 1.75 bits per heavy atom. The highest BCUT2D eigenvalue weighted by molar-refractivity contribution is 6.81. The molecular weight excluding hydrogens is 212 g/mol. The predicted molar refractivity (Wildman–Crippen MR) is 74.5 cm³/mol. The standard InChI is InChI=1S/C14H20OSi/c1-6-12(11-16(3,4)5)13-7-9-14(15-2)10-8-13/h6-11H,1H2,2-5H3/b12-11-. The number of allylic oxidation sites excluding steroid dienone is 2. The van der Waals surface area contributed by atoms with Crippen molar-refractivity contribution in [2.45, 2.75) is 19.6 Å². The van der Waals surface area contributed by atoms with E-state index in [0.29, 0.717) is 0 Å². The number of hydrogen-bond donors (Lipinski definition) is 0. The van der Waals surface area contributed by atoms with Gasteiger partial charge in [0, 0.05) is 0 Å². The molecule has 0 aliphatic heterocycles. The average molecular weight is 232 g/mol. The summed E-state index contributed by atoms with van der Waals surface area (Å²) in [7, 11) is 0.471. The Hall–Kier alpha value is -1.28. The number of hydrogen-bond acceptors (Lipinski definition) is 1. The summed E-state index contributed by atoms with van der Waals surface area (Å²) in [6.45, 7) is 10.8. The second-order valence-electron chi connectivity index (χ2n) is 4.90. The molecule has 0 atom stereocenters. The molecule has 0 N–H and O–H groups in total. The SMILES string of the molecule is C=C/C(=C/[Si](C)(C)C)c1ccc(OC)cc1. The van der Waals surface area contributed by atoms with Gasteiger partial charge in [0.2, 0.25) is 0 Å². The molecule has 0 bridgehead atoms. The van der Waals surface area contributed by atoms with Crippen molar-refractivity contribution in [3.63, 3.8) is 0 Å². The third kappa shape index (κ3) is 3.70. The van der Waals surface area contributed by atoms with Gasteiger partial charge in [0.15, 0.2) is 0 Å². The molecule has 0 aliphatic rings. The second kappa shape index (κ2) is 5.17. The Morgan fingerprint density at radius 3 is 2.12 bits per heavy atom. The van der Waals surface area contributed by atoms with Gasteiger partial charge in [0.1, 0.15) is 5.75 Å². The number of methoxy groups -OCH3 is 1. The third-order valence-corrected chi connectivity index (χ3v) is 3.41. The molecular formula is C14H20OSi. The van der Waals surface area contributed by atoms with Crippen molar-refractivity contribution in [1.82, 2.24) is 0 Å². The summed E-state index contributed by atoms with van der Waals surface area (Å²) in [6.07, 6.45) is 1.93. The molecule has 86 valence electrons. The van der Waals surface area contributed by atoms with E-state index in [-0.39, 0.29) is 0 Å². The Balaban J connectivity index is 3.05. The lowest BCUT2D eigenvalue weighted by Gasteiger charge is -2.12. The van der Waals surface area contributed by atoms with Gasteiger partial charge in [-0.3, -0.25) is 0 Å². The van der Waals surface area contributed by atoms with E-state index in [1.54, 1.807) is 7.11 Å². The van der Waals surface area contributed by atoms with Crippen molar-refractivity contribution in [2.75, 3.05) is 7.11 Å². The Kier molecular flexibility index (Phi) is 4.13. The quantitative estimate of drug-likeness (QED) is 0.560. The second-order valence-corrected chi connectivity index (χ2v) is 9.92. The van der Waals surface area contributed by atoms with Gasteiger partial charge in [-0.25, -0.2) is 0 Å². The fraction of sp³-hybridized carbons (Fsp3) is 0.286. The monoisotopic (exact) mass is 232 g/mol. The largest absolute Gasteiger partial charge is 0.497 e. The van der Waals surface area contributed by atoms with Crippen molar-refractivity contribution >= 4 is 13.6 Å². The van der Waals surface area contributed by atoms with E-state index in [1.165, 1.54) is 11.1 Å². The van der Waals surface area contributed by atoms with Crippen molar-refractivity contribution < 1.29 is 4.74 Å². The van der Waals surface area contributed by atoms with Crippen LogP contribution in [0.15, 0.2) is 42.6 Å². The zero-order valence-corrected chi connectivity index (χ0v) is 11.6. The summed E-state index contributed by atoms with van der Waals surface area (Å²) >= 11 is 0. The first-order valence-corrected chi connectivity index (χ1v) is 9.04. The molecule has 1 aromatic rings. The van der Waals surface area contributed by atoms with E-state index < -0.39 is 8.07 Å². The molecule has 0 saturated heterocycles. The van der Waals surface area contributed by atoms with Gasteiger partial charge in [-0.2, -0.15) is 0 Å². The van der Waals surface area contributed by atoms with Crippen LogP contribution in [0.1, 0.15) is 5.56 Å². The zero-order valence-electron chi connectivity index (χ0n) is 10.6. The molecule has 0 fully saturated rings. The van der Waals surface area contributed by atoms with Gasteiger partial charge in [0.25, 0.3) is 0 Å². The smallest absolute Gasteiger partial charge is 0.118 e. The van der Waals surface area contributed by atoms with Crippen LogP contribution in [-0.2, 0) is 0 Å². The van der Waals surface area contributed by atoms with Gasteiger partial charge >= 0.3 is 0 Å². The van der Waals surface area contributed by atoms with Gasteiger partial charge in [-0.05, 0) is 23.3 Å². The van der Waals surface area contributed by atoms with Crippen LogP contribution < -0.4 is 4.74 Å². The van der Waals surface area contributed by atoms with Crippen molar-refractivity contribution in [2.24, 2.45) is 0 Å². The van der Waals surface area contributed by atoms with Crippen LogP contribution in [0.3, 0.4) is 0 Å². The van der Waals surface area contributed by atoms with E-state index in [9.17, 15) is 0 Å². The maximum Gasteiger partial charge on any atom is 0.118 e. The van der Waals surface area contributed by atoms with E-state index in [2.05, 4.69) is 44.1 Å². The summed E-state index contributed by atoms with van der Waals surface area (Å²) < 4.78 is 5.15. The van der Waals surface area contributed by atoms with Crippen molar-refractivity contribution in [1.29, 1.82) is 0 Å². The summed E-state index contributed by atoms with van der Waals surface area (Å²) in [5.41, 5.74) is 4.79. The fourth-order valence-electron chi connectivity index (χ4n) is 1.51. The summed E-state index contributed by atoms with van der Waals surface area (Å²) in [6, 6.07) is 8.12. The number of rotatable bonds is 4. The third-order valence-electron chi connectivity index (χ3n) is 2.23. The van der Waals surface area contributed by atoms with Crippen LogP contribution in [0.25, 0.3) is 5.57 Å². The van der Waals surface area contributed by atoms with Crippen LogP contribution in [-0.4, -0.2) is 15.2 Å². The van der Waals surface area contributed by atoms with Crippen LogP contribution >= 0.6 is 0 Å². The van der Waals surface area contributed by atoms with Gasteiger partial charge in [0.05, 0.1) is 15.2 Å². The topological polar surface area (TPSA) is 9.23 Å². The Labute approximate surface area is 99.5 Å². The molecule has 0 amide bonds. The minimum absolute atomic E-state index is 0.889. The lowest BCUT2D eigenvalue weighted by atomic mass is 10.1. The zero-order chi connectivity index (χ0) is 12.2. The van der Waals surface area contributed by atoms with Crippen molar-refractivity contribution in [3.05, 3.63) is 48.2 Å². The normalized spacial score (nSPS) is 12.4. The molecule has 0 radical (unpaired) electrons. The number of benzene rings is 1. The van der Waals surface area contributed by atoms with E-state index >= 15 is 0 Å². The molecule has 16 heavy (non-hydrogen) atoms. The molecule has 0 saturated carbocycles. The first kappa shape index (κ1) is 12.8. The predicted octanol–water partition coefficient (Wildman–Crippen LogP) is 4.14. The lowest BCUT2D eigenvalue weighted by molar-refractivity contribution is 0.415. The molecule has 0 aliphatic carbocycles. The van der Waals surface area contributed by atoms with Crippen LogP contribution in [0.4, 0.5) is 0 Å². The first-order chi connectivity index (χ1) is 7.46. The van der Waals surface area contributed by atoms with E-state index in [1.807, 2.05) is 18.2 Å². The maximum atomic E-state index is 5.15. The molecule has 1 rings (SSSR count). The minimum atomic E-state index is -1.21. The Morgan fingerprint density at radius 1 is 1.19 bits per heavy atom. The highest BCUT2D eigenvalue weighted by Crippen LogP contribution is 2.21. The summed E-state index contributed by atoms with van der Waals surface area (Å²) in [5.74, 6) is 0.889. The van der Waals surface area contributed by atoms with Crippen LogP contribution in [0.5, 0.6) is 5.75 Å². The highest BCUT2D eigenvalue weighted by Gasteiger charge is 2.10. The van der Waals surface area contributed by atoms with E-state index in [4.69, 9.17) is 4.74 Å². The summed E-state index contributed by atoms with van der Waals surface area (Å²) in [4.78, 5) is 0. The number of ether oxygens (including phenoxy) is 1. The lowest BCUT2D eigenvalue weighted by Crippen LogP contribution is -2.16. The van der Waals surface area contributed by atoms with Gasteiger partial charge in [-0.1, -0.05) is 50.1 Å². The molecule has 1 nitrogen and oxygen atoms in total. The molecule has 0 unspecified atom stereocenters. The Bertz CT molecular complexity index is 382. The fourth-order valence-corrected chi connectivity index (χ4v) is 2.73. The van der Waals surface area contributed by atoms with Gasteiger partial charge in [-0.15, -0.1) is 0 Å². The van der Waals surface area contributed by atoms with Crippen LogP contribution in [0.2, 0.25) is 19.6 Å². The average Bonchev–Trinajstić information content (AvgIpc) is 2.25. The van der Waals surface area contributed by atoms with Crippen LogP contribution in [0, 0.1) is 0 Å². The highest BCUT2D eigenvalue weighted by atomic mass is 28.3. The minimum Gasteiger partial charge on any atom is -0.497 e. The van der Waals surface area contributed by atoms with E-state index in [0.717, 1.165) is 5.75 Å². The molecule has 0 spiro atoms.